The molecule has 4 nitrogen and oxygen atoms in total. The molecule has 2 rings (SSSR count). The van der Waals surface area contributed by atoms with Gasteiger partial charge in [-0.15, -0.1) is 0 Å². The molecule has 15 heavy (non-hydrogen) atoms. The lowest BCUT2D eigenvalue weighted by Crippen LogP contribution is -2.37. The van der Waals surface area contributed by atoms with Crippen LogP contribution in [0, 0.1) is 11.8 Å². The van der Waals surface area contributed by atoms with E-state index in [2.05, 4.69) is 5.32 Å². The Hall–Kier alpha value is -1.06. The van der Waals surface area contributed by atoms with Gasteiger partial charge in [-0.25, -0.2) is 0 Å². The Morgan fingerprint density at radius 3 is 2.73 bits per heavy atom. The molecule has 1 saturated heterocycles. The number of rotatable bonds is 3. The summed E-state index contributed by atoms with van der Waals surface area (Å²) in [5.41, 5.74) is 0. The Balaban J connectivity index is 1.69. The number of hydrogen-bond donors (Lipinski definition) is 1. The third kappa shape index (κ3) is 2.30. The fraction of sp³-hybridized carbons (Fsp3) is 0.818. The Morgan fingerprint density at radius 2 is 2.27 bits per heavy atom. The first-order valence-corrected chi connectivity index (χ1v) is 5.68. The molecule has 1 N–H and O–H groups in total. The Morgan fingerprint density at radius 1 is 1.53 bits per heavy atom. The summed E-state index contributed by atoms with van der Waals surface area (Å²) in [7, 11) is 1.82. The molecular formula is C11H18N2O2. The molecule has 1 unspecified atom stereocenters. The molecule has 0 bridgehead atoms. The standard InChI is InChI=1S/C11H18N2O2/c1-13-7-8(5-10(13)14)6-12-11(15)9-3-2-4-9/h8-9H,2-7H2,1H3,(H,12,15). The van der Waals surface area contributed by atoms with E-state index in [1.54, 1.807) is 4.90 Å². The van der Waals surface area contributed by atoms with E-state index < -0.39 is 0 Å². The maximum Gasteiger partial charge on any atom is 0.223 e. The fourth-order valence-electron chi connectivity index (χ4n) is 2.15. The molecule has 2 aliphatic rings. The predicted octanol–water partition coefficient (Wildman–Crippen LogP) is 0.381. The van der Waals surface area contributed by atoms with E-state index in [1.807, 2.05) is 7.05 Å². The molecule has 1 aliphatic heterocycles. The van der Waals surface area contributed by atoms with Gasteiger partial charge in [-0.2, -0.15) is 0 Å². The van der Waals surface area contributed by atoms with Gasteiger partial charge in [0.1, 0.15) is 0 Å². The van der Waals surface area contributed by atoms with E-state index in [9.17, 15) is 9.59 Å². The summed E-state index contributed by atoms with van der Waals surface area (Å²) in [5, 5.41) is 2.95. The molecular weight excluding hydrogens is 192 g/mol. The lowest BCUT2D eigenvalue weighted by atomic mass is 9.85. The van der Waals surface area contributed by atoms with Gasteiger partial charge in [-0.3, -0.25) is 9.59 Å². The summed E-state index contributed by atoms with van der Waals surface area (Å²) in [4.78, 5) is 24.5. The topological polar surface area (TPSA) is 49.4 Å². The highest BCUT2D eigenvalue weighted by molar-refractivity contribution is 5.80. The summed E-state index contributed by atoms with van der Waals surface area (Å²) in [6, 6.07) is 0. The number of carbonyl (C=O) groups is 2. The molecule has 1 aliphatic carbocycles. The van der Waals surface area contributed by atoms with Gasteiger partial charge in [0.15, 0.2) is 0 Å². The van der Waals surface area contributed by atoms with Crippen molar-refractivity contribution < 1.29 is 9.59 Å². The summed E-state index contributed by atoms with van der Waals surface area (Å²) in [6.45, 7) is 1.44. The molecule has 1 atom stereocenters. The lowest BCUT2D eigenvalue weighted by molar-refractivity contribution is -0.128. The highest BCUT2D eigenvalue weighted by atomic mass is 16.2. The van der Waals surface area contributed by atoms with Crippen molar-refractivity contribution in [2.24, 2.45) is 11.8 Å². The Bertz CT molecular complexity index is 274. The average Bonchev–Trinajstić information content (AvgIpc) is 2.40. The molecule has 0 radical (unpaired) electrons. The molecule has 1 saturated carbocycles. The van der Waals surface area contributed by atoms with Crippen LogP contribution in [0.5, 0.6) is 0 Å². The molecule has 2 fully saturated rings. The highest BCUT2D eigenvalue weighted by Gasteiger charge is 2.29. The number of hydrogen-bond acceptors (Lipinski definition) is 2. The van der Waals surface area contributed by atoms with Gasteiger partial charge in [-0.05, 0) is 12.8 Å². The van der Waals surface area contributed by atoms with Crippen LogP contribution in [0.15, 0.2) is 0 Å². The molecule has 1 heterocycles. The van der Waals surface area contributed by atoms with Crippen LogP contribution >= 0.6 is 0 Å². The second-order valence-electron chi connectivity index (χ2n) is 4.72. The van der Waals surface area contributed by atoms with Gasteiger partial charge in [0.05, 0.1) is 0 Å². The number of nitrogens with one attached hydrogen (secondary N) is 1. The molecule has 0 aromatic heterocycles. The van der Waals surface area contributed by atoms with Crippen molar-refractivity contribution in [3.63, 3.8) is 0 Å². The van der Waals surface area contributed by atoms with Crippen molar-refractivity contribution >= 4 is 11.8 Å². The van der Waals surface area contributed by atoms with Crippen molar-refractivity contribution in [3.05, 3.63) is 0 Å². The minimum absolute atomic E-state index is 0.184. The third-order valence-corrected chi connectivity index (χ3v) is 3.46. The van der Waals surface area contributed by atoms with Crippen LogP contribution in [0.1, 0.15) is 25.7 Å². The van der Waals surface area contributed by atoms with Gasteiger partial charge in [-0.1, -0.05) is 6.42 Å². The summed E-state index contributed by atoms with van der Waals surface area (Å²) in [6.07, 6.45) is 3.84. The van der Waals surface area contributed by atoms with Crippen molar-refractivity contribution in [2.45, 2.75) is 25.7 Å². The van der Waals surface area contributed by atoms with E-state index >= 15 is 0 Å². The zero-order valence-electron chi connectivity index (χ0n) is 9.16. The molecule has 0 aromatic carbocycles. The fourth-order valence-corrected chi connectivity index (χ4v) is 2.15. The predicted molar refractivity (Wildman–Crippen MR) is 56.1 cm³/mol. The summed E-state index contributed by atoms with van der Waals surface area (Å²) in [5.74, 6) is 0.938. The first kappa shape index (κ1) is 10.5. The number of likely N-dealkylation sites (tertiary alicyclic amines) is 1. The van der Waals surface area contributed by atoms with Gasteiger partial charge in [0, 0.05) is 38.4 Å². The quantitative estimate of drug-likeness (QED) is 0.732. The van der Waals surface area contributed by atoms with Crippen molar-refractivity contribution in [1.82, 2.24) is 10.2 Å². The lowest BCUT2D eigenvalue weighted by Gasteiger charge is -2.24. The zero-order chi connectivity index (χ0) is 10.8. The number of amides is 2. The number of nitrogens with zero attached hydrogens (tertiary/aromatic N) is 1. The van der Waals surface area contributed by atoms with Crippen LogP contribution in [-0.4, -0.2) is 36.9 Å². The highest BCUT2D eigenvalue weighted by Crippen LogP contribution is 2.26. The van der Waals surface area contributed by atoms with Crippen molar-refractivity contribution in [1.29, 1.82) is 0 Å². The molecule has 0 spiro atoms. The zero-order valence-corrected chi connectivity index (χ0v) is 9.16. The Kier molecular flexibility index (Phi) is 2.93. The van der Waals surface area contributed by atoms with Crippen LogP contribution in [0.2, 0.25) is 0 Å². The number of carbonyl (C=O) groups excluding carboxylic acids is 2. The van der Waals surface area contributed by atoms with Crippen LogP contribution in [0.3, 0.4) is 0 Å². The average molecular weight is 210 g/mol. The largest absolute Gasteiger partial charge is 0.356 e. The van der Waals surface area contributed by atoms with Crippen LogP contribution in [0.4, 0.5) is 0 Å². The second kappa shape index (κ2) is 4.21. The monoisotopic (exact) mass is 210 g/mol. The minimum atomic E-state index is 0.184. The van der Waals surface area contributed by atoms with E-state index in [0.717, 1.165) is 19.4 Å². The van der Waals surface area contributed by atoms with Crippen molar-refractivity contribution in [3.8, 4) is 0 Å². The first-order chi connectivity index (χ1) is 7.16. The third-order valence-electron chi connectivity index (χ3n) is 3.46. The molecule has 2 amide bonds. The maximum absolute atomic E-state index is 11.5. The van der Waals surface area contributed by atoms with Gasteiger partial charge in [0.25, 0.3) is 0 Å². The van der Waals surface area contributed by atoms with Gasteiger partial charge in [0.2, 0.25) is 11.8 Å². The summed E-state index contributed by atoms with van der Waals surface area (Å²) >= 11 is 0. The van der Waals surface area contributed by atoms with E-state index in [4.69, 9.17) is 0 Å². The van der Waals surface area contributed by atoms with Crippen LogP contribution in [-0.2, 0) is 9.59 Å². The second-order valence-corrected chi connectivity index (χ2v) is 4.72. The molecule has 84 valence electrons. The van der Waals surface area contributed by atoms with E-state index in [0.29, 0.717) is 18.9 Å². The SMILES string of the molecule is CN1CC(CNC(=O)C2CCC2)CC1=O. The van der Waals surface area contributed by atoms with Crippen molar-refractivity contribution in [2.75, 3.05) is 20.1 Å². The Labute approximate surface area is 90.0 Å². The summed E-state index contributed by atoms with van der Waals surface area (Å²) < 4.78 is 0. The van der Waals surface area contributed by atoms with Crippen LogP contribution in [0.25, 0.3) is 0 Å². The normalized spacial score (nSPS) is 26.6. The van der Waals surface area contributed by atoms with E-state index in [1.165, 1.54) is 6.42 Å². The van der Waals surface area contributed by atoms with Crippen LogP contribution < -0.4 is 5.32 Å². The molecule has 4 heteroatoms. The van der Waals surface area contributed by atoms with Gasteiger partial charge >= 0.3 is 0 Å². The van der Waals surface area contributed by atoms with E-state index in [-0.39, 0.29) is 17.7 Å². The maximum atomic E-state index is 11.5. The molecule has 0 aromatic rings. The minimum Gasteiger partial charge on any atom is -0.356 e. The smallest absolute Gasteiger partial charge is 0.223 e. The van der Waals surface area contributed by atoms with Gasteiger partial charge < -0.3 is 10.2 Å². The first-order valence-electron chi connectivity index (χ1n) is 5.68.